The summed E-state index contributed by atoms with van der Waals surface area (Å²) in [6.45, 7) is 0.642. The molecule has 1 aliphatic carbocycles. The number of anilines is 1. The van der Waals surface area contributed by atoms with Gasteiger partial charge in [-0.2, -0.15) is 0 Å². The first-order valence-electron chi connectivity index (χ1n) is 5.93. The van der Waals surface area contributed by atoms with E-state index < -0.39 is 17.6 Å². The fourth-order valence-electron chi connectivity index (χ4n) is 1.90. The standard InChI is InChI=1S/C13H15F2NO2/c1-18-13(17)9-5-12(11(15)6-10(9)14)16-7-8-3-2-4-8/h5-6,8,16H,2-4,7H2,1H3. The van der Waals surface area contributed by atoms with Gasteiger partial charge in [-0.3, -0.25) is 0 Å². The maximum atomic E-state index is 13.5. The zero-order valence-corrected chi connectivity index (χ0v) is 10.1. The molecule has 0 amide bonds. The van der Waals surface area contributed by atoms with Gasteiger partial charge in [0.05, 0.1) is 18.4 Å². The molecular weight excluding hydrogens is 240 g/mol. The fourth-order valence-corrected chi connectivity index (χ4v) is 1.90. The molecule has 1 aliphatic rings. The van der Waals surface area contributed by atoms with Crippen molar-refractivity contribution in [3.05, 3.63) is 29.3 Å². The van der Waals surface area contributed by atoms with Gasteiger partial charge in [0.2, 0.25) is 0 Å². The van der Waals surface area contributed by atoms with Gasteiger partial charge in [-0.1, -0.05) is 6.42 Å². The van der Waals surface area contributed by atoms with Crippen molar-refractivity contribution in [2.24, 2.45) is 5.92 Å². The lowest BCUT2D eigenvalue weighted by Crippen LogP contribution is -2.21. The van der Waals surface area contributed by atoms with Crippen LogP contribution in [0.3, 0.4) is 0 Å². The summed E-state index contributed by atoms with van der Waals surface area (Å²) in [6, 6.07) is 1.87. The topological polar surface area (TPSA) is 38.3 Å². The normalized spacial score (nSPS) is 15.1. The average molecular weight is 255 g/mol. The highest BCUT2D eigenvalue weighted by atomic mass is 19.1. The van der Waals surface area contributed by atoms with Crippen LogP contribution in [0, 0.1) is 17.6 Å². The molecular formula is C13H15F2NO2. The number of hydrogen-bond donors (Lipinski definition) is 1. The molecule has 0 radical (unpaired) electrons. The molecule has 1 saturated carbocycles. The van der Waals surface area contributed by atoms with Crippen LogP contribution in [0.25, 0.3) is 0 Å². The minimum absolute atomic E-state index is 0.142. The fraction of sp³-hybridized carbons (Fsp3) is 0.462. The van der Waals surface area contributed by atoms with Gasteiger partial charge in [-0.25, -0.2) is 13.6 Å². The molecule has 2 rings (SSSR count). The number of carbonyl (C=O) groups is 1. The third-order valence-electron chi connectivity index (χ3n) is 3.27. The number of carbonyl (C=O) groups excluding carboxylic acids is 1. The van der Waals surface area contributed by atoms with Crippen LogP contribution in [-0.4, -0.2) is 19.6 Å². The molecule has 0 unspecified atom stereocenters. The Morgan fingerprint density at radius 3 is 2.67 bits per heavy atom. The van der Waals surface area contributed by atoms with Crippen molar-refractivity contribution in [1.29, 1.82) is 0 Å². The summed E-state index contributed by atoms with van der Waals surface area (Å²) in [4.78, 5) is 11.3. The molecule has 1 N–H and O–H groups in total. The Kier molecular flexibility index (Phi) is 3.79. The summed E-state index contributed by atoms with van der Waals surface area (Å²) in [5, 5.41) is 2.91. The van der Waals surface area contributed by atoms with Gasteiger partial charge in [0, 0.05) is 12.6 Å². The van der Waals surface area contributed by atoms with Crippen LogP contribution in [0.1, 0.15) is 29.6 Å². The largest absolute Gasteiger partial charge is 0.465 e. The molecule has 3 nitrogen and oxygen atoms in total. The Hall–Kier alpha value is -1.65. The van der Waals surface area contributed by atoms with Crippen LogP contribution >= 0.6 is 0 Å². The van der Waals surface area contributed by atoms with Gasteiger partial charge < -0.3 is 10.1 Å². The van der Waals surface area contributed by atoms with Crippen molar-refractivity contribution in [2.75, 3.05) is 19.0 Å². The molecule has 5 heteroatoms. The number of nitrogens with one attached hydrogen (secondary N) is 1. The van der Waals surface area contributed by atoms with E-state index in [1.54, 1.807) is 0 Å². The number of benzene rings is 1. The van der Waals surface area contributed by atoms with E-state index in [9.17, 15) is 13.6 Å². The number of methoxy groups -OCH3 is 1. The van der Waals surface area contributed by atoms with Crippen molar-refractivity contribution in [1.82, 2.24) is 0 Å². The quantitative estimate of drug-likeness (QED) is 0.840. The van der Waals surface area contributed by atoms with Gasteiger partial charge in [0.1, 0.15) is 11.6 Å². The molecule has 1 fully saturated rings. The highest BCUT2D eigenvalue weighted by molar-refractivity contribution is 5.90. The summed E-state index contributed by atoms with van der Waals surface area (Å²) >= 11 is 0. The molecule has 0 heterocycles. The van der Waals surface area contributed by atoms with Crippen LogP contribution in [-0.2, 0) is 4.74 Å². The molecule has 1 aromatic carbocycles. The van der Waals surface area contributed by atoms with E-state index >= 15 is 0 Å². The zero-order chi connectivity index (χ0) is 13.1. The van der Waals surface area contributed by atoms with Gasteiger partial charge in [-0.15, -0.1) is 0 Å². The minimum atomic E-state index is -0.909. The Labute approximate surface area is 104 Å². The Balaban J connectivity index is 2.15. The van der Waals surface area contributed by atoms with Gasteiger partial charge in [-0.05, 0) is 24.8 Å². The third-order valence-corrected chi connectivity index (χ3v) is 3.27. The van der Waals surface area contributed by atoms with Crippen molar-refractivity contribution >= 4 is 11.7 Å². The molecule has 0 bridgehead atoms. The summed E-state index contributed by atoms with van der Waals surface area (Å²) in [7, 11) is 1.16. The van der Waals surface area contributed by atoms with E-state index in [2.05, 4.69) is 10.1 Å². The van der Waals surface area contributed by atoms with E-state index in [-0.39, 0.29) is 11.3 Å². The number of halogens is 2. The van der Waals surface area contributed by atoms with E-state index in [0.717, 1.165) is 26.0 Å². The van der Waals surface area contributed by atoms with Gasteiger partial charge >= 0.3 is 5.97 Å². The van der Waals surface area contributed by atoms with Crippen molar-refractivity contribution in [3.8, 4) is 0 Å². The van der Waals surface area contributed by atoms with Gasteiger partial charge in [0.15, 0.2) is 0 Å². The molecule has 1 aromatic rings. The number of ether oxygens (including phenoxy) is 1. The highest BCUT2D eigenvalue weighted by Crippen LogP contribution is 2.27. The van der Waals surface area contributed by atoms with E-state index in [4.69, 9.17) is 0 Å². The van der Waals surface area contributed by atoms with Crippen LogP contribution < -0.4 is 5.32 Å². The average Bonchev–Trinajstić information content (AvgIpc) is 2.28. The van der Waals surface area contributed by atoms with Crippen LogP contribution in [0.4, 0.5) is 14.5 Å². The maximum Gasteiger partial charge on any atom is 0.340 e. The molecule has 0 aliphatic heterocycles. The predicted molar refractivity (Wildman–Crippen MR) is 63.5 cm³/mol. The second-order valence-electron chi connectivity index (χ2n) is 4.48. The van der Waals surface area contributed by atoms with E-state index in [1.807, 2.05) is 0 Å². The Morgan fingerprint density at radius 1 is 1.39 bits per heavy atom. The second-order valence-corrected chi connectivity index (χ2v) is 4.48. The summed E-state index contributed by atoms with van der Waals surface area (Å²) in [6.07, 6.45) is 3.45. The van der Waals surface area contributed by atoms with Crippen LogP contribution in [0.15, 0.2) is 12.1 Å². The smallest absolute Gasteiger partial charge is 0.340 e. The van der Waals surface area contributed by atoms with Crippen molar-refractivity contribution in [3.63, 3.8) is 0 Å². The predicted octanol–water partition coefficient (Wildman–Crippen LogP) is 2.96. The minimum Gasteiger partial charge on any atom is -0.465 e. The molecule has 0 aromatic heterocycles. The first-order chi connectivity index (χ1) is 8.61. The van der Waals surface area contributed by atoms with Crippen LogP contribution in [0.5, 0.6) is 0 Å². The van der Waals surface area contributed by atoms with Crippen LogP contribution in [0.2, 0.25) is 0 Å². The lowest BCUT2D eigenvalue weighted by molar-refractivity contribution is 0.0595. The second kappa shape index (κ2) is 5.33. The highest BCUT2D eigenvalue weighted by Gasteiger charge is 2.19. The first-order valence-corrected chi connectivity index (χ1v) is 5.93. The monoisotopic (exact) mass is 255 g/mol. The van der Waals surface area contributed by atoms with E-state index in [0.29, 0.717) is 18.5 Å². The molecule has 0 spiro atoms. The number of esters is 1. The SMILES string of the molecule is COC(=O)c1cc(NCC2CCC2)c(F)cc1F. The summed E-state index contributed by atoms with van der Waals surface area (Å²) in [5.74, 6) is -1.87. The summed E-state index contributed by atoms with van der Waals surface area (Å²) < 4.78 is 31.3. The third kappa shape index (κ3) is 2.60. The molecule has 0 saturated heterocycles. The summed E-state index contributed by atoms with van der Waals surface area (Å²) in [5.41, 5.74) is -0.112. The number of hydrogen-bond acceptors (Lipinski definition) is 3. The maximum absolute atomic E-state index is 13.5. The van der Waals surface area contributed by atoms with Crippen molar-refractivity contribution in [2.45, 2.75) is 19.3 Å². The lowest BCUT2D eigenvalue weighted by atomic mass is 9.85. The Bertz CT molecular complexity index is 459. The van der Waals surface area contributed by atoms with E-state index in [1.165, 1.54) is 6.42 Å². The molecule has 98 valence electrons. The van der Waals surface area contributed by atoms with Crippen molar-refractivity contribution < 1.29 is 18.3 Å². The lowest BCUT2D eigenvalue weighted by Gasteiger charge is -2.26. The first kappa shape index (κ1) is 12.8. The number of rotatable bonds is 4. The molecule has 18 heavy (non-hydrogen) atoms. The zero-order valence-electron chi connectivity index (χ0n) is 10.1. The molecule has 0 atom stereocenters. The Morgan fingerprint density at radius 2 is 2.11 bits per heavy atom. The van der Waals surface area contributed by atoms with Gasteiger partial charge in [0.25, 0.3) is 0 Å².